The standard InChI is InChI=1S/C17H20N6O/c1-10-14(9-23(3)4)11(2)20-15(10)7-13-16(21-22-17(13)24)12-5-6-18-19-8-12/h5-8,20H,9H2,1-4H3,(H,22,24)/b13-7+. The zero-order valence-electron chi connectivity index (χ0n) is 14.2. The van der Waals surface area contributed by atoms with Crippen molar-refractivity contribution in [1.82, 2.24) is 25.5 Å². The lowest BCUT2D eigenvalue weighted by Crippen LogP contribution is -2.14. The van der Waals surface area contributed by atoms with E-state index in [0.29, 0.717) is 11.3 Å². The Balaban J connectivity index is 2.01. The third-order valence-corrected chi connectivity index (χ3v) is 4.02. The highest BCUT2D eigenvalue weighted by Crippen LogP contribution is 2.23. The van der Waals surface area contributed by atoms with E-state index in [0.717, 1.165) is 29.1 Å². The molecule has 0 bridgehead atoms. The van der Waals surface area contributed by atoms with Crippen LogP contribution in [-0.4, -0.2) is 45.8 Å². The van der Waals surface area contributed by atoms with Crippen molar-refractivity contribution in [2.24, 2.45) is 5.10 Å². The number of rotatable bonds is 4. The molecule has 0 spiro atoms. The molecule has 2 N–H and O–H groups in total. The molecule has 3 heterocycles. The van der Waals surface area contributed by atoms with E-state index in [9.17, 15) is 4.79 Å². The molecule has 3 rings (SSSR count). The van der Waals surface area contributed by atoms with Crippen LogP contribution < -0.4 is 5.43 Å². The number of hydrogen-bond acceptors (Lipinski definition) is 5. The zero-order chi connectivity index (χ0) is 17.3. The second kappa shape index (κ2) is 6.37. The van der Waals surface area contributed by atoms with Gasteiger partial charge in [-0.3, -0.25) is 4.79 Å². The number of nitrogens with one attached hydrogen (secondary N) is 2. The Morgan fingerprint density at radius 3 is 2.71 bits per heavy atom. The van der Waals surface area contributed by atoms with Gasteiger partial charge in [-0.1, -0.05) is 0 Å². The van der Waals surface area contributed by atoms with Crippen molar-refractivity contribution in [3.63, 3.8) is 0 Å². The molecule has 1 aliphatic rings. The van der Waals surface area contributed by atoms with Crippen LogP contribution in [0.5, 0.6) is 0 Å². The fourth-order valence-corrected chi connectivity index (χ4v) is 2.78. The summed E-state index contributed by atoms with van der Waals surface area (Å²) in [5.74, 6) is -0.220. The van der Waals surface area contributed by atoms with Crippen LogP contribution in [-0.2, 0) is 11.3 Å². The molecule has 0 radical (unpaired) electrons. The SMILES string of the molecule is Cc1[nH]c(/C=C2/C(=O)NN=C2c2ccnnc2)c(C)c1CN(C)C. The van der Waals surface area contributed by atoms with Crippen LogP contribution in [0.4, 0.5) is 0 Å². The summed E-state index contributed by atoms with van der Waals surface area (Å²) in [6, 6.07) is 1.78. The average Bonchev–Trinajstić information content (AvgIpc) is 3.04. The van der Waals surface area contributed by atoms with Crippen molar-refractivity contribution in [3.8, 4) is 0 Å². The molecule has 24 heavy (non-hydrogen) atoms. The Labute approximate surface area is 140 Å². The smallest absolute Gasteiger partial charge is 0.273 e. The summed E-state index contributed by atoms with van der Waals surface area (Å²) in [6.45, 7) is 4.95. The first-order valence-electron chi connectivity index (χ1n) is 7.67. The van der Waals surface area contributed by atoms with E-state index in [1.54, 1.807) is 18.5 Å². The third-order valence-electron chi connectivity index (χ3n) is 4.02. The third kappa shape index (κ3) is 2.98. The van der Waals surface area contributed by atoms with Crippen LogP contribution in [0.1, 0.15) is 28.1 Å². The van der Waals surface area contributed by atoms with Crippen LogP contribution >= 0.6 is 0 Å². The number of hydrogen-bond donors (Lipinski definition) is 2. The monoisotopic (exact) mass is 324 g/mol. The van der Waals surface area contributed by atoms with Crippen molar-refractivity contribution >= 4 is 17.7 Å². The van der Waals surface area contributed by atoms with Gasteiger partial charge in [-0.25, -0.2) is 5.43 Å². The number of amides is 1. The van der Waals surface area contributed by atoms with Crippen LogP contribution in [0.15, 0.2) is 29.1 Å². The molecular formula is C17H20N6O. The lowest BCUT2D eigenvalue weighted by Gasteiger charge is -2.10. The minimum absolute atomic E-state index is 0.220. The topological polar surface area (TPSA) is 86.3 Å². The highest BCUT2D eigenvalue weighted by atomic mass is 16.2. The average molecular weight is 324 g/mol. The maximum absolute atomic E-state index is 12.2. The molecule has 0 saturated heterocycles. The van der Waals surface area contributed by atoms with Gasteiger partial charge in [-0.2, -0.15) is 15.3 Å². The molecule has 7 nitrogen and oxygen atoms in total. The van der Waals surface area contributed by atoms with Gasteiger partial charge in [-0.15, -0.1) is 0 Å². The summed E-state index contributed by atoms with van der Waals surface area (Å²) in [5.41, 5.74) is 8.79. The molecule has 7 heteroatoms. The van der Waals surface area contributed by atoms with Gasteiger partial charge in [-0.05, 0) is 51.2 Å². The summed E-state index contributed by atoms with van der Waals surface area (Å²) >= 11 is 0. The molecule has 0 aromatic carbocycles. The maximum Gasteiger partial charge on any atom is 0.273 e. The van der Waals surface area contributed by atoms with Crippen LogP contribution in [0.3, 0.4) is 0 Å². The number of aromatic amines is 1. The number of aromatic nitrogens is 3. The van der Waals surface area contributed by atoms with Gasteiger partial charge in [0, 0.05) is 23.5 Å². The van der Waals surface area contributed by atoms with Crippen molar-refractivity contribution in [2.45, 2.75) is 20.4 Å². The minimum atomic E-state index is -0.220. The molecule has 2 aromatic heterocycles. The molecule has 0 saturated carbocycles. The number of carbonyl (C=O) groups excluding carboxylic acids is 1. The number of nitrogens with zero attached hydrogens (tertiary/aromatic N) is 4. The highest BCUT2D eigenvalue weighted by Gasteiger charge is 2.25. The number of H-pyrrole nitrogens is 1. The molecule has 1 aliphatic heterocycles. The zero-order valence-corrected chi connectivity index (χ0v) is 14.2. The summed E-state index contributed by atoms with van der Waals surface area (Å²) in [6.07, 6.45) is 5.03. The predicted octanol–water partition coefficient (Wildman–Crippen LogP) is 1.40. The van der Waals surface area contributed by atoms with Crippen LogP contribution in [0.2, 0.25) is 0 Å². The second-order valence-corrected chi connectivity index (χ2v) is 6.10. The molecule has 2 aromatic rings. The van der Waals surface area contributed by atoms with Crippen LogP contribution in [0.25, 0.3) is 6.08 Å². The van der Waals surface area contributed by atoms with Gasteiger partial charge in [0.05, 0.1) is 18.0 Å². The Kier molecular flexibility index (Phi) is 4.26. The molecule has 1 amide bonds. The molecule has 124 valence electrons. The van der Waals surface area contributed by atoms with E-state index in [4.69, 9.17) is 0 Å². The molecule has 0 aliphatic carbocycles. The fraction of sp³-hybridized carbons (Fsp3) is 0.294. The van der Waals surface area contributed by atoms with Gasteiger partial charge >= 0.3 is 0 Å². The van der Waals surface area contributed by atoms with Crippen molar-refractivity contribution in [1.29, 1.82) is 0 Å². The normalized spacial score (nSPS) is 16.0. The number of hydrazone groups is 1. The van der Waals surface area contributed by atoms with Crippen molar-refractivity contribution in [3.05, 3.63) is 52.1 Å². The quantitative estimate of drug-likeness (QED) is 0.833. The first-order valence-corrected chi connectivity index (χ1v) is 7.67. The summed E-state index contributed by atoms with van der Waals surface area (Å²) in [7, 11) is 4.07. The van der Waals surface area contributed by atoms with E-state index in [1.807, 2.05) is 27.1 Å². The first kappa shape index (κ1) is 16.1. The fourth-order valence-electron chi connectivity index (χ4n) is 2.78. The molecule has 0 unspecified atom stereocenters. The maximum atomic E-state index is 12.2. The van der Waals surface area contributed by atoms with Gasteiger partial charge < -0.3 is 9.88 Å². The van der Waals surface area contributed by atoms with E-state index in [-0.39, 0.29) is 5.91 Å². The number of aryl methyl sites for hydroxylation is 1. The van der Waals surface area contributed by atoms with Crippen LogP contribution in [0, 0.1) is 13.8 Å². The molecule has 0 fully saturated rings. The largest absolute Gasteiger partial charge is 0.359 e. The van der Waals surface area contributed by atoms with E-state index in [1.165, 1.54) is 5.56 Å². The minimum Gasteiger partial charge on any atom is -0.359 e. The lowest BCUT2D eigenvalue weighted by atomic mass is 10.0. The van der Waals surface area contributed by atoms with E-state index in [2.05, 4.69) is 37.5 Å². The van der Waals surface area contributed by atoms with Gasteiger partial charge in [0.2, 0.25) is 0 Å². The number of carbonyl (C=O) groups is 1. The Morgan fingerprint density at radius 2 is 2.04 bits per heavy atom. The van der Waals surface area contributed by atoms with Crippen molar-refractivity contribution in [2.75, 3.05) is 14.1 Å². The van der Waals surface area contributed by atoms with E-state index < -0.39 is 0 Å². The summed E-state index contributed by atoms with van der Waals surface area (Å²) in [5, 5.41) is 11.7. The molecule has 0 atom stereocenters. The summed E-state index contributed by atoms with van der Waals surface area (Å²) in [4.78, 5) is 17.7. The summed E-state index contributed by atoms with van der Waals surface area (Å²) < 4.78 is 0. The Bertz CT molecular complexity index is 832. The van der Waals surface area contributed by atoms with Gasteiger partial charge in [0.1, 0.15) is 5.71 Å². The lowest BCUT2D eigenvalue weighted by molar-refractivity contribution is -0.116. The van der Waals surface area contributed by atoms with Gasteiger partial charge in [0.25, 0.3) is 5.91 Å². The second-order valence-electron chi connectivity index (χ2n) is 6.10. The Morgan fingerprint density at radius 1 is 1.25 bits per heavy atom. The predicted molar refractivity (Wildman–Crippen MR) is 92.3 cm³/mol. The first-order chi connectivity index (χ1) is 11.5. The molecular weight excluding hydrogens is 304 g/mol. The Hall–Kier alpha value is -2.80. The van der Waals surface area contributed by atoms with Gasteiger partial charge in [0.15, 0.2) is 0 Å². The van der Waals surface area contributed by atoms with Crippen molar-refractivity contribution < 1.29 is 4.79 Å². The highest BCUT2D eigenvalue weighted by molar-refractivity contribution is 6.33. The van der Waals surface area contributed by atoms with E-state index >= 15 is 0 Å².